The van der Waals surface area contributed by atoms with Gasteiger partial charge in [0.05, 0.1) is 6.61 Å². The van der Waals surface area contributed by atoms with Gasteiger partial charge in [0.25, 0.3) is 0 Å². The van der Waals surface area contributed by atoms with Gasteiger partial charge in [0.2, 0.25) is 5.95 Å². The molecule has 0 unspecified atom stereocenters. The van der Waals surface area contributed by atoms with Crippen molar-refractivity contribution in [2.24, 2.45) is 0 Å². The Labute approximate surface area is 129 Å². The zero-order valence-corrected chi connectivity index (χ0v) is 13.2. The van der Waals surface area contributed by atoms with E-state index in [9.17, 15) is 0 Å². The van der Waals surface area contributed by atoms with Crippen molar-refractivity contribution in [1.82, 2.24) is 15.0 Å². The molecule has 0 aliphatic heterocycles. The first kappa shape index (κ1) is 15.5. The van der Waals surface area contributed by atoms with E-state index < -0.39 is 0 Å². The molecule has 1 aromatic heterocycles. The summed E-state index contributed by atoms with van der Waals surface area (Å²) in [6, 6.07) is 6.06. The quantitative estimate of drug-likeness (QED) is 0.881. The smallest absolute Gasteiger partial charge is 0.321 e. The molecule has 0 radical (unpaired) electrons. The van der Waals surface area contributed by atoms with E-state index in [-0.39, 0.29) is 0 Å². The fraction of sp³-hybridized carbons (Fsp3) is 0.400. The largest absolute Gasteiger partial charge is 0.464 e. The van der Waals surface area contributed by atoms with E-state index in [2.05, 4.69) is 27.2 Å². The first-order chi connectivity index (χ1) is 10.1. The Balaban J connectivity index is 2.40. The number of ether oxygens (including phenoxy) is 1. The minimum Gasteiger partial charge on any atom is -0.464 e. The minimum atomic E-state index is 0.317. The van der Waals surface area contributed by atoms with Crippen LogP contribution >= 0.6 is 11.6 Å². The minimum absolute atomic E-state index is 0.317. The summed E-state index contributed by atoms with van der Waals surface area (Å²) < 4.78 is 5.41. The third-order valence-electron chi connectivity index (χ3n) is 2.85. The average molecular weight is 307 g/mol. The summed E-state index contributed by atoms with van der Waals surface area (Å²) in [5.74, 6) is 1.07. The highest BCUT2D eigenvalue weighted by atomic mass is 35.5. The van der Waals surface area contributed by atoms with Crippen molar-refractivity contribution in [3.63, 3.8) is 0 Å². The lowest BCUT2D eigenvalue weighted by Crippen LogP contribution is -2.08. The molecule has 0 saturated carbocycles. The topological polar surface area (TPSA) is 59.9 Å². The van der Waals surface area contributed by atoms with E-state index in [1.807, 2.05) is 32.0 Å². The Morgan fingerprint density at radius 1 is 1.19 bits per heavy atom. The first-order valence-electron chi connectivity index (χ1n) is 7.03. The summed E-state index contributed by atoms with van der Waals surface area (Å²) in [6.45, 7) is 7.23. The maximum atomic E-state index is 6.17. The van der Waals surface area contributed by atoms with Crippen LogP contribution in [0.15, 0.2) is 18.2 Å². The predicted octanol–water partition coefficient (Wildman–Crippen LogP) is 3.72. The Kier molecular flexibility index (Phi) is 5.33. The number of aromatic nitrogens is 3. The second-order valence-electron chi connectivity index (χ2n) is 4.59. The van der Waals surface area contributed by atoms with Gasteiger partial charge in [-0.2, -0.15) is 15.0 Å². The molecule has 0 fully saturated rings. The fourth-order valence-corrected chi connectivity index (χ4v) is 1.91. The Morgan fingerprint density at radius 3 is 2.67 bits per heavy atom. The van der Waals surface area contributed by atoms with Crippen LogP contribution in [0.4, 0.5) is 5.95 Å². The molecule has 0 bridgehead atoms. The molecule has 1 heterocycles. The molecule has 0 saturated heterocycles. The van der Waals surface area contributed by atoms with Gasteiger partial charge >= 0.3 is 6.01 Å². The summed E-state index contributed by atoms with van der Waals surface area (Å²) in [5.41, 5.74) is 1.86. The Hall–Kier alpha value is -1.88. The molecule has 1 N–H and O–H groups in total. The second kappa shape index (κ2) is 7.22. The molecule has 21 heavy (non-hydrogen) atoms. The number of nitrogens with zero attached hydrogens (tertiary/aromatic N) is 3. The molecule has 0 amide bonds. The van der Waals surface area contributed by atoms with E-state index in [1.54, 1.807) is 0 Å². The first-order valence-corrected chi connectivity index (χ1v) is 7.41. The fourth-order valence-electron chi connectivity index (χ4n) is 1.73. The van der Waals surface area contributed by atoms with E-state index >= 15 is 0 Å². The number of anilines is 1. The molecule has 2 aromatic rings. The number of nitrogens with one attached hydrogen (secondary N) is 1. The van der Waals surface area contributed by atoms with Crippen molar-refractivity contribution >= 4 is 17.5 Å². The van der Waals surface area contributed by atoms with Crippen LogP contribution in [-0.4, -0.2) is 28.1 Å². The molecule has 112 valence electrons. The van der Waals surface area contributed by atoms with Crippen LogP contribution in [0.5, 0.6) is 6.01 Å². The highest BCUT2D eigenvalue weighted by Gasteiger charge is 2.10. The predicted molar refractivity (Wildman–Crippen MR) is 85.0 cm³/mol. The second-order valence-corrected chi connectivity index (χ2v) is 5.00. The van der Waals surface area contributed by atoms with Gasteiger partial charge in [-0.1, -0.05) is 30.7 Å². The number of hydrogen-bond acceptors (Lipinski definition) is 5. The summed E-state index contributed by atoms with van der Waals surface area (Å²) in [7, 11) is 0. The number of benzene rings is 1. The molecular formula is C15H19ClN4O. The highest BCUT2D eigenvalue weighted by molar-refractivity contribution is 6.31. The molecule has 0 spiro atoms. The SMILES string of the molecule is CCCNc1nc(OCC)nc(-c2ccc(C)c(Cl)c2)n1. The lowest BCUT2D eigenvalue weighted by Gasteiger charge is -2.09. The number of hydrogen-bond donors (Lipinski definition) is 1. The van der Waals surface area contributed by atoms with E-state index in [1.165, 1.54) is 0 Å². The zero-order valence-electron chi connectivity index (χ0n) is 12.5. The Bertz CT molecular complexity index is 619. The van der Waals surface area contributed by atoms with Crippen LogP contribution in [-0.2, 0) is 0 Å². The molecule has 0 atom stereocenters. The summed E-state index contributed by atoms with van der Waals surface area (Å²) in [4.78, 5) is 13.0. The van der Waals surface area contributed by atoms with E-state index in [0.29, 0.717) is 29.4 Å². The maximum absolute atomic E-state index is 6.17. The molecule has 6 heteroatoms. The van der Waals surface area contributed by atoms with Gasteiger partial charge in [-0.05, 0) is 31.9 Å². The van der Waals surface area contributed by atoms with E-state index in [0.717, 1.165) is 24.1 Å². The molecular weight excluding hydrogens is 288 g/mol. The average Bonchev–Trinajstić information content (AvgIpc) is 2.48. The van der Waals surface area contributed by atoms with Gasteiger partial charge in [0, 0.05) is 17.1 Å². The van der Waals surface area contributed by atoms with Gasteiger partial charge in [-0.25, -0.2) is 0 Å². The maximum Gasteiger partial charge on any atom is 0.321 e. The molecule has 0 aliphatic carbocycles. The van der Waals surface area contributed by atoms with E-state index in [4.69, 9.17) is 16.3 Å². The van der Waals surface area contributed by atoms with Gasteiger partial charge in [0.1, 0.15) is 0 Å². The zero-order chi connectivity index (χ0) is 15.2. The van der Waals surface area contributed by atoms with Gasteiger partial charge < -0.3 is 10.1 Å². The summed E-state index contributed by atoms with van der Waals surface area (Å²) in [5, 5.41) is 3.84. The van der Waals surface area contributed by atoms with Crippen molar-refractivity contribution in [3.05, 3.63) is 28.8 Å². The Morgan fingerprint density at radius 2 is 2.00 bits per heavy atom. The van der Waals surface area contributed by atoms with Crippen LogP contribution in [0.25, 0.3) is 11.4 Å². The summed E-state index contributed by atoms with van der Waals surface area (Å²) >= 11 is 6.17. The molecule has 0 aliphatic rings. The number of rotatable bonds is 6. The van der Waals surface area contributed by atoms with Crippen molar-refractivity contribution in [2.45, 2.75) is 27.2 Å². The summed E-state index contributed by atoms with van der Waals surface area (Å²) in [6.07, 6.45) is 0.987. The van der Waals surface area contributed by atoms with Crippen molar-refractivity contribution in [1.29, 1.82) is 0 Å². The molecule has 2 rings (SSSR count). The third kappa shape index (κ3) is 4.04. The van der Waals surface area contributed by atoms with Crippen LogP contribution in [0, 0.1) is 6.92 Å². The number of aryl methyl sites for hydroxylation is 1. The lowest BCUT2D eigenvalue weighted by molar-refractivity contribution is 0.312. The standard InChI is InChI=1S/C15H19ClN4O/c1-4-8-17-14-18-13(19-15(20-14)21-5-2)11-7-6-10(3)12(16)9-11/h6-7,9H,4-5,8H2,1-3H3,(H,17,18,19,20). The lowest BCUT2D eigenvalue weighted by atomic mass is 10.1. The van der Waals surface area contributed by atoms with Gasteiger partial charge in [-0.3, -0.25) is 0 Å². The highest BCUT2D eigenvalue weighted by Crippen LogP contribution is 2.24. The van der Waals surface area contributed by atoms with Crippen LogP contribution in [0.2, 0.25) is 5.02 Å². The third-order valence-corrected chi connectivity index (χ3v) is 3.26. The van der Waals surface area contributed by atoms with Crippen molar-refractivity contribution in [3.8, 4) is 17.4 Å². The van der Waals surface area contributed by atoms with Crippen LogP contribution < -0.4 is 10.1 Å². The van der Waals surface area contributed by atoms with Gasteiger partial charge in [-0.15, -0.1) is 0 Å². The van der Waals surface area contributed by atoms with Gasteiger partial charge in [0.15, 0.2) is 5.82 Å². The normalized spacial score (nSPS) is 10.5. The molecule has 1 aromatic carbocycles. The molecule has 5 nitrogen and oxygen atoms in total. The monoisotopic (exact) mass is 306 g/mol. The van der Waals surface area contributed by atoms with Crippen LogP contribution in [0.1, 0.15) is 25.8 Å². The van der Waals surface area contributed by atoms with Crippen LogP contribution in [0.3, 0.4) is 0 Å². The van der Waals surface area contributed by atoms with Crippen molar-refractivity contribution < 1.29 is 4.74 Å². The van der Waals surface area contributed by atoms with Crippen molar-refractivity contribution in [2.75, 3.05) is 18.5 Å². The number of halogens is 1.